The first-order chi connectivity index (χ1) is 8.88. The number of hydrogen-bond donors (Lipinski definition) is 3. The molecule has 6 nitrogen and oxygen atoms in total. The van der Waals surface area contributed by atoms with Crippen LogP contribution in [0.3, 0.4) is 0 Å². The topological polar surface area (TPSA) is 111 Å². The van der Waals surface area contributed by atoms with Crippen LogP contribution in [0.25, 0.3) is 0 Å². The Labute approximate surface area is 115 Å². The summed E-state index contributed by atoms with van der Waals surface area (Å²) in [5, 5.41) is 8.31. The molecular weight excluding hydrogens is 284 g/mol. The van der Waals surface area contributed by atoms with Gasteiger partial charge in [0.15, 0.2) is 0 Å². The van der Waals surface area contributed by atoms with Crippen LogP contribution in [0.15, 0.2) is 28.7 Å². The Morgan fingerprint density at radius 3 is 2.74 bits per heavy atom. The van der Waals surface area contributed by atoms with Crippen molar-refractivity contribution in [3.8, 4) is 0 Å². The number of sulfonamides is 1. The zero-order valence-corrected chi connectivity index (χ0v) is 11.9. The van der Waals surface area contributed by atoms with Gasteiger partial charge in [-0.25, -0.2) is 13.6 Å². The average Bonchev–Trinajstić information content (AvgIpc) is 2.81. The second-order valence-corrected chi connectivity index (χ2v) is 6.56. The van der Waals surface area contributed by atoms with Crippen molar-refractivity contribution in [2.45, 2.75) is 18.4 Å². The van der Waals surface area contributed by atoms with Gasteiger partial charge in [0, 0.05) is 22.4 Å². The number of anilines is 2. The third kappa shape index (κ3) is 3.22. The minimum Gasteiger partial charge on any atom is -0.399 e. The third-order valence-corrected chi connectivity index (χ3v) is 4.44. The van der Waals surface area contributed by atoms with E-state index in [2.05, 4.69) is 10.3 Å². The largest absolute Gasteiger partial charge is 0.399 e. The van der Waals surface area contributed by atoms with Crippen LogP contribution >= 0.6 is 11.3 Å². The Hall–Kier alpha value is -1.64. The molecule has 0 saturated carbocycles. The van der Waals surface area contributed by atoms with Crippen LogP contribution < -0.4 is 16.2 Å². The van der Waals surface area contributed by atoms with Gasteiger partial charge >= 0.3 is 0 Å². The summed E-state index contributed by atoms with van der Waals surface area (Å²) in [4.78, 5) is 5.05. The van der Waals surface area contributed by atoms with Gasteiger partial charge < -0.3 is 11.1 Å². The summed E-state index contributed by atoms with van der Waals surface area (Å²) < 4.78 is 23.0. The number of nitrogens with one attached hydrogen (secondary N) is 1. The fourth-order valence-corrected chi connectivity index (χ4v) is 3.07. The molecule has 2 aromatic rings. The number of primary sulfonamides is 1. The lowest BCUT2D eigenvalue weighted by Crippen LogP contribution is -2.15. The molecular formula is C11H14N4O2S2. The molecule has 0 saturated heterocycles. The van der Waals surface area contributed by atoms with Crippen LogP contribution in [0.5, 0.6) is 0 Å². The number of nitrogens with two attached hydrogens (primary N) is 2. The first-order valence-corrected chi connectivity index (χ1v) is 7.84. The summed E-state index contributed by atoms with van der Waals surface area (Å²) >= 11 is 1.51. The van der Waals surface area contributed by atoms with E-state index in [0.29, 0.717) is 23.5 Å². The van der Waals surface area contributed by atoms with Crippen LogP contribution in [-0.4, -0.2) is 13.4 Å². The first-order valence-electron chi connectivity index (χ1n) is 5.42. The molecule has 0 aliphatic heterocycles. The van der Waals surface area contributed by atoms with Crippen LogP contribution in [-0.2, 0) is 16.6 Å². The number of benzene rings is 1. The fourth-order valence-electron chi connectivity index (χ4n) is 1.70. The van der Waals surface area contributed by atoms with E-state index in [0.717, 1.165) is 4.88 Å². The molecule has 5 N–H and O–H groups in total. The molecule has 19 heavy (non-hydrogen) atoms. The molecule has 2 rings (SSSR count). The molecule has 0 amide bonds. The summed E-state index contributed by atoms with van der Waals surface area (Å²) in [5.74, 6) is 0. The van der Waals surface area contributed by atoms with Crippen molar-refractivity contribution in [3.05, 3.63) is 34.3 Å². The van der Waals surface area contributed by atoms with Crippen molar-refractivity contribution in [2.24, 2.45) is 5.14 Å². The normalized spacial score (nSPS) is 11.5. The van der Waals surface area contributed by atoms with Gasteiger partial charge in [0.2, 0.25) is 10.0 Å². The standard InChI is InChI=1S/C11H14N4O2S2/c1-7-10(15-5-9-4-14-6-18-9)2-8(12)3-11(7)19(13,16)17/h2-4,6,15H,5,12H2,1H3,(H2,13,16,17). The smallest absolute Gasteiger partial charge is 0.238 e. The molecule has 8 heteroatoms. The Bertz CT molecular complexity index is 681. The second kappa shape index (κ2) is 5.16. The Morgan fingerprint density at radius 2 is 2.16 bits per heavy atom. The lowest BCUT2D eigenvalue weighted by atomic mass is 10.2. The lowest BCUT2D eigenvalue weighted by Gasteiger charge is -2.13. The monoisotopic (exact) mass is 298 g/mol. The van der Waals surface area contributed by atoms with Gasteiger partial charge in [-0.15, -0.1) is 11.3 Å². The highest BCUT2D eigenvalue weighted by Gasteiger charge is 2.15. The summed E-state index contributed by atoms with van der Waals surface area (Å²) in [5.41, 5.74) is 8.99. The number of nitrogen functional groups attached to an aromatic ring is 1. The maximum absolute atomic E-state index is 11.5. The predicted molar refractivity (Wildman–Crippen MR) is 76.4 cm³/mol. The van der Waals surface area contributed by atoms with Crippen molar-refractivity contribution in [2.75, 3.05) is 11.1 Å². The summed E-state index contributed by atoms with van der Waals surface area (Å²) in [6.07, 6.45) is 1.75. The minimum atomic E-state index is -3.78. The van der Waals surface area contributed by atoms with E-state index in [9.17, 15) is 8.42 Å². The molecule has 0 unspecified atom stereocenters. The number of thiazole rings is 1. The van der Waals surface area contributed by atoms with Crippen molar-refractivity contribution in [1.29, 1.82) is 0 Å². The molecule has 1 aromatic carbocycles. The Morgan fingerprint density at radius 1 is 1.42 bits per heavy atom. The van der Waals surface area contributed by atoms with E-state index < -0.39 is 10.0 Å². The van der Waals surface area contributed by atoms with Crippen molar-refractivity contribution >= 4 is 32.7 Å². The van der Waals surface area contributed by atoms with Crippen molar-refractivity contribution in [1.82, 2.24) is 4.98 Å². The van der Waals surface area contributed by atoms with E-state index >= 15 is 0 Å². The molecule has 0 spiro atoms. The van der Waals surface area contributed by atoms with Gasteiger partial charge in [-0.2, -0.15) is 0 Å². The van der Waals surface area contributed by atoms with Crippen LogP contribution in [0.4, 0.5) is 11.4 Å². The molecule has 1 aromatic heterocycles. The van der Waals surface area contributed by atoms with Crippen LogP contribution in [0.1, 0.15) is 10.4 Å². The van der Waals surface area contributed by atoms with E-state index in [1.165, 1.54) is 17.4 Å². The van der Waals surface area contributed by atoms with Gasteiger partial charge in [-0.3, -0.25) is 4.98 Å². The van der Waals surface area contributed by atoms with Gasteiger partial charge in [-0.1, -0.05) is 0 Å². The maximum atomic E-state index is 11.5. The highest BCUT2D eigenvalue weighted by Crippen LogP contribution is 2.26. The summed E-state index contributed by atoms with van der Waals surface area (Å²) in [6, 6.07) is 3.05. The van der Waals surface area contributed by atoms with Gasteiger partial charge in [0.05, 0.1) is 17.0 Å². The Balaban J connectivity index is 2.33. The molecule has 0 aliphatic rings. The quantitative estimate of drug-likeness (QED) is 0.737. The van der Waals surface area contributed by atoms with Crippen molar-refractivity contribution in [3.63, 3.8) is 0 Å². The van der Waals surface area contributed by atoms with Crippen molar-refractivity contribution < 1.29 is 8.42 Å². The number of nitrogens with zero attached hydrogens (tertiary/aromatic N) is 1. The number of hydrogen-bond acceptors (Lipinski definition) is 6. The predicted octanol–water partition coefficient (Wildman–Crippen LogP) is 1.29. The Kier molecular flexibility index (Phi) is 3.74. The zero-order chi connectivity index (χ0) is 14.0. The molecule has 0 atom stereocenters. The molecule has 0 fully saturated rings. The first kappa shape index (κ1) is 13.8. The van der Waals surface area contributed by atoms with E-state index in [4.69, 9.17) is 10.9 Å². The average molecular weight is 298 g/mol. The van der Waals surface area contributed by atoms with Gasteiger partial charge in [0.25, 0.3) is 0 Å². The second-order valence-electron chi connectivity index (χ2n) is 4.06. The molecule has 102 valence electrons. The van der Waals surface area contributed by atoms with Gasteiger partial charge in [0.1, 0.15) is 0 Å². The highest BCUT2D eigenvalue weighted by atomic mass is 32.2. The van der Waals surface area contributed by atoms with Crippen LogP contribution in [0, 0.1) is 6.92 Å². The number of aromatic nitrogens is 1. The molecule has 0 aliphatic carbocycles. The summed E-state index contributed by atoms with van der Waals surface area (Å²) in [6.45, 7) is 2.24. The molecule has 0 radical (unpaired) electrons. The SMILES string of the molecule is Cc1c(NCc2cncs2)cc(N)cc1S(N)(=O)=O. The highest BCUT2D eigenvalue weighted by molar-refractivity contribution is 7.89. The van der Waals surface area contributed by atoms with E-state index in [-0.39, 0.29) is 4.90 Å². The third-order valence-electron chi connectivity index (χ3n) is 2.63. The maximum Gasteiger partial charge on any atom is 0.238 e. The molecule has 0 bridgehead atoms. The molecule has 1 heterocycles. The minimum absolute atomic E-state index is 0.0410. The zero-order valence-electron chi connectivity index (χ0n) is 10.3. The van der Waals surface area contributed by atoms with Crippen LogP contribution in [0.2, 0.25) is 0 Å². The lowest BCUT2D eigenvalue weighted by molar-refractivity contribution is 0.597. The van der Waals surface area contributed by atoms with Gasteiger partial charge in [-0.05, 0) is 24.6 Å². The summed E-state index contributed by atoms with van der Waals surface area (Å²) in [7, 11) is -3.78. The fraction of sp³-hybridized carbons (Fsp3) is 0.182. The number of rotatable bonds is 4. The van der Waals surface area contributed by atoms with E-state index in [1.807, 2.05) is 0 Å². The van der Waals surface area contributed by atoms with E-state index in [1.54, 1.807) is 24.7 Å².